The van der Waals surface area contributed by atoms with E-state index in [1.54, 1.807) is 0 Å². The van der Waals surface area contributed by atoms with Crippen molar-refractivity contribution < 1.29 is 9.84 Å². The average Bonchev–Trinajstić information content (AvgIpc) is 2.43. The molecule has 1 fully saturated rings. The molecule has 2 heteroatoms. The molecular formula is C18H26O2. The Labute approximate surface area is 122 Å². The predicted octanol–water partition coefficient (Wildman–Crippen LogP) is 4.26. The lowest BCUT2D eigenvalue weighted by molar-refractivity contribution is 0.100. The third-order valence-electron chi connectivity index (χ3n) is 5.25. The summed E-state index contributed by atoms with van der Waals surface area (Å²) in [6.07, 6.45) is 6.75. The van der Waals surface area contributed by atoms with Gasteiger partial charge in [-0.2, -0.15) is 0 Å². The van der Waals surface area contributed by atoms with Gasteiger partial charge in [0.05, 0.1) is 12.2 Å². The van der Waals surface area contributed by atoms with Crippen molar-refractivity contribution in [1.82, 2.24) is 0 Å². The lowest BCUT2D eigenvalue weighted by Gasteiger charge is -2.32. The summed E-state index contributed by atoms with van der Waals surface area (Å²) in [4.78, 5) is 0. The van der Waals surface area contributed by atoms with Gasteiger partial charge in [0.15, 0.2) is 0 Å². The van der Waals surface area contributed by atoms with Crippen LogP contribution >= 0.6 is 0 Å². The van der Waals surface area contributed by atoms with E-state index in [1.807, 2.05) is 6.07 Å². The van der Waals surface area contributed by atoms with E-state index < -0.39 is 0 Å². The Balaban J connectivity index is 1.69. The first kappa shape index (κ1) is 13.9. The minimum absolute atomic E-state index is 0.275. The fraction of sp³-hybridized carbons (Fsp3) is 0.667. The standard InChI is InChI=1S/C18H26O2/c1-12-6-7-15(10-13(12)2)20-16-8-9-17-14(11-16)4-3-5-18(17)19/h8-9,11-13,15,18-19H,3-7,10H2,1-2H3. The summed E-state index contributed by atoms with van der Waals surface area (Å²) < 4.78 is 6.19. The molecule has 20 heavy (non-hydrogen) atoms. The maximum absolute atomic E-state index is 10.00. The fourth-order valence-electron chi connectivity index (χ4n) is 3.64. The second-order valence-electron chi connectivity index (χ2n) is 6.78. The van der Waals surface area contributed by atoms with E-state index in [2.05, 4.69) is 26.0 Å². The van der Waals surface area contributed by atoms with Crippen LogP contribution in [0, 0.1) is 11.8 Å². The fourth-order valence-corrected chi connectivity index (χ4v) is 3.64. The van der Waals surface area contributed by atoms with E-state index in [1.165, 1.54) is 24.8 Å². The minimum Gasteiger partial charge on any atom is -0.490 e. The van der Waals surface area contributed by atoms with Gasteiger partial charge in [0.2, 0.25) is 0 Å². The van der Waals surface area contributed by atoms with Crippen molar-refractivity contribution in [2.75, 3.05) is 0 Å². The summed E-state index contributed by atoms with van der Waals surface area (Å²) in [7, 11) is 0. The second-order valence-corrected chi connectivity index (χ2v) is 6.78. The van der Waals surface area contributed by atoms with E-state index in [9.17, 15) is 5.11 Å². The van der Waals surface area contributed by atoms with E-state index in [4.69, 9.17) is 4.74 Å². The molecule has 4 unspecified atom stereocenters. The number of benzene rings is 1. The number of aryl methyl sites for hydroxylation is 1. The van der Waals surface area contributed by atoms with Crippen molar-refractivity contribution in [3.05, 3.63) is 29.3 Å². The first-order valence-corrected chi connectivity index (χ1v) is 8.11. The molecule has 1 aromatic carbocycles. The summed E-state index contributed by atoms with van der Waals surface area (Å²) in [6.45, 7) is 4.69. The Kier molecular flexibility index (Phi) is 4.02. The number of aliphatic hydroxyl groups excluding tert-OH is 1. The predicted molar refractivity (Wildman–Crippen MR) is 80.9 cm³/mol. The van der Waals surface area contributed by atoms with Crippen LogP contribution in [0.3, 0.4) is 0 Å². The molecule has 0 bridgehead atoms. The lowest BCUT2D eigenvalue weighted by atomic mass is 9.80. The zero-order valence-corrected chi connectivity index (χ0v) is 12.6. The number of ether oxygens (including phenoxy) is 1. The van der Waals surface area contributed by atoms with E-state index in [-0.39, 0.29) is 6.10 Å². The van der Waals surface area contributed by atoms with Crippen molar-refractivity contribution in [2.45, 2.75) is 64.6 Å². The Morgan fingerprint density at radius 3 is 2.75 bits per heavy atom. The van der Waals surface area contributed by atoms with E-state index in [0.29, 0.717) is 6.10 Å². The summed E-state index contributed by atoms with van der Waals surface area (Å²) in [5.41, 5.74) is 2.38. The largest absolute Gasteiger partial charge is 0.490 e. The van der Waals surface area contributed by atoms with Gasteiger partial charge in [-0.15, -0.1) is 0 Å². The molecule has 4 atom stereocenters. The Morgan fingerprint density at radius 1 is 1.10 bits per heavy atom. The van der Waals surface area contributed by atoms with Crippen LogP contribution in [0.15, 0.2) is 18.2 Å². The highest BCUT2D eigenvalue weighted by Crippen LogP contribution is 2.35. The molecule has 1 aromatic rings. The SMILES string of the molecule is CC1CCC(Oc2ccc3c(c2)CCCC3O)CC1C. The molecule has 0 spiro atoms. The van der Waals surface area contributed by atoms with Gasteiger partial charge >= 0.3 is 0 Å². The second kappa shape index (κ2) is 5.77. The van der Waals surface area contributed by atoms with Crippen molar-refractivity contribution in [2.24, 2.45) is 11.8 Å². The third kappa shape index (κ3) is 2.85. The molecular weight excluding hydrogens is 248 g/mol. The van der Waals surface area contributed by atoms with Crippen molar-refractivity contribution in [3.63, 3.8) is 0 Å². The molecule has 110 valence electrons. The van der Waals surface area contributed by atoms with Gasteiger partial charge in [0.25, 0.3) is 0 Å². The van der Waals surface area contributed by atoms with Crippen molar-refractivity contribution in [1.29, 1.82) is 0 Å². The van der Waals surface area contributed by atoms with E-state index in [0.717, 1.165) is 42.4 Å². The zero-order chi connectivity index (χ0) is 14.1. The molecule has 1 N–H and O–H groups in total. The monoisotopic (exact) mass is 274 g/mol. The minimum atomic E-state index is -0.275. The quantitative estimate of drug-likeness (QED) is 0.873. The Bertz CT molecular complexity index is 468. The molecule has 0 radical (unpaired) electrons. The van der Waals surface area contributed by atoms with Gasteiger partial charge in [-0.3, -0.25) is 0 Å². The Hall–Kier alpha value is -1.02. The van der Waals surface area contributed by atoms with Crippen LogP contribution in [-0.2, 0) is 6.42 Å². The van der Waals surface area contributed by atoms with Crippen LogP contribution in [-0.4, -0.2) is 11.2 Å². The molecule has 3 rings (SSSR count). The summed E-state index contributed by atoms with van der Waals surface area (Å²) in [5, 5.41) is 10.00. The molecule has 0 saturated heterocycles. The highest BCUT2D eigenvalue weighted by molar-refractivity contribution is 5.38. The molecule has 2 aliphatic carbocycles. The molecule has 2 nitrogen and oxygen atoms in total. The van der Waals surface area contributed by atoms with Crippen molar-refractivity contribution >= 4 is 0 Å². The maximum atomic E-state index is 10.00. The first-order chi connectivity index (χ1) is 9.63. The number of rotatable bonds is 2. The summed E-state index contributed by atoms with van der Waals surface area (Å²) in [6, 6.07) is 6.25. The highest BCUT2D eigenvalue weighted by atomic mass is 16.5. The summed E-state index contributed by atoms with van der Waals surface area (Å²) in [5.74, 6) is 2.58. The number of hydrogen-bond donors (Lipinski definition) is 1. The Morgan fingerprint density at radius 2 is 1.95 bits per heavy atom. The number of hydrogen-bond acceptors (Lipinski definition) is 2. The molecule has 1 saturated carbocycles. The summed E-state index contributed by atoms with van der Waals surface area (Å²) >= 11 is 0. The van der Waals surface area contributed by atoms with Gasteiger partial charge in [0, 0.05) is 0 Å². The van der Waals surface area contributed by atoms with Crippen LogP contribution < -0.4 is 4.74 Å². The first-order valence-electron chi connectivity index (χ1n) is 8.11. The van der Waals surface area contributed by atoms with Crippen LogP contribution in [0.2, 0.25) is 0 Å². The molecule has 0 aliphatic heterocycles. The van der Waals surface area contributed by atoms with Crippen LogP contribution in [0.4, 0.5) is 0 Å². The van der Waals surface area contributed by atoms with Gasteiger partial charge in [0.1, 0.15) is 5.75 Å². The zero-order valence-electron chi connectivity index (χ0n) is 12.6. The maximum Gasteiger partial charge on any atom is 0.120 e. The van der Waals surface area contributed by atoms with Gasteiger partial charge in [-0.25, -0.2) is 0 Å². The van der Waals surface area contributed by atoms with E-state index >= 15 is 0 Å². The normalized spacial score (nSPS) is 33.5. The van der Waals surface area contributed by atoms with Crippen molar-refractivity contribution in [3.8, 4) is 5.75 Å². The third-order valence-corrected chi connectivity index (χ3v) is 5.25. The molecule has 0 amide bonds. The van der Waals surface area contributed by atoms with Crippen LogP contribution in [0.25, 0.3) is 0 Å². The van der Waals surface area contributed by atoms with Gasteiger partial charge in [-0.1, -0.05) is 19.9 Å². The smallest absolute Gasteiger partial charge is 0.120 e. The number of fused-ring (bicyclic) bond motifs is 1. The highest BCUT2D eigenvalue weighted by Gasteiger charge is 2.26. The van der Waals surface area contributed by atoms with Crippen LogP contribution in [0.1, 0.15) is 63.2 Å². The molecule has 2 aliphatic rings. The molecule has 0 aromatic heterocycles. The van der Waals surface area contributed by atoms with Crippen LogP contribution in [0.5, 0.6) is 5.75 Å². The topological polar surface area (TPSA) is 29.5 Å². The number of aliphatic hydroxyl groups is 1. The van der Waals surface area contributed by atoms with Gasteiger partial charge in [-0.05, 0) is 73.6 Å². The lowest BCUT2D eigenvalue weighted by Crippen LogP contribution is -2.28. The molecule has 0 heterocycles. The van der Waals surface area contributed by atoms with Gasteiger partial charge < -0.3 is 9.84 Å². The average molecular weight is 274 g/mol.